The molecule has 1 nitrogen and oxygen atoms in total. The SMILES string of the molecule is C/C(I)=C/CCC(=O)C1=CCCC1C. The fourth-order valence-corrected chi connectivity index (χ4v) is 2.09. The number of allylic oxidation sites excluding steroid dienone is 4. The van der Waals surface area contributed by atoms with E-state index in [1.165, 1.54) is 3.58 Å². The second-order valence-electron chi connectivity index (χ2n) is 3.89. The highest BCUT2D eigenvalue weighted by Crippen LogP contribution is 2.26. The number of hydrogen-bond donors (Lipinski definition) is 0. The molecule has 1 rings (SSSR count). The summed E-state index contributed by atoms with van der Waals surface area (Å²) in [4.78, 5) is 11.7. The first kappa shape index (κ1) is 12.0. The van der Waals surface area contributed by atoms with Crippen molar-refractivity contribution in [2.24, 2.45) is 5.92 Å². The minimum absolute atomic E-state index is 0.351. The zero-order valence-corrected chi connectivity index (χ0v) is 11.0. The van der Waals surface area contributed by atoms with E-state index < -0.39 is 0 Å². The number of hydrogen-bond acceptors (Lipinski definition) is 1. The highest BCUT2D eigenvalue weighted by molar-refractivity contribution is 14.1. The third-order valence-corrected chi connectivity index (χ3v) is 3.05. The molecule has 1 atom stereocenters. The minimum atomic E-state index is 0.351. The van der Waals surface area contributed by atoms with Gasteiger partial charge in [-0.25, -0.2) is 0 Å². The first-order valence-electron chi connectivity index (χ1n) is 5.16. The molecule has 0 fully saturated rings. The third-order valence-electron chi connectivity index (χ3n) is 2.61. The Bertz CT molecular complexity index is 272. The van der Waals surface area contributed by atoms with Gasteiger partial charge in [0, 0.05) is 6.42 Å². The molecule has 0 saturated carbocycles. The Labute approximate surface area is 99.8 Å². The van der Waals surface area contributed by atoms with Crippen molar-refractivity contribution in [3.63, 3.8) is 0 Å². The molecule has 0 N–H and O–H groups in total. The van der Waals surface area contributed by atoms with Gasteiger partial charge in [0.05, 0.1) is 0 Å². The van der Waals surface area contributed by atoms with Gasteiger partial charge in [0.25, 0.3) is 0 Å². The lowest BCUT2D eigenvalue weighted by Crippen LogP contribution is -2.06. The number of halogens is 1. The second-order valence-corrected chi connectivity index (χ2v) is 5.59. The molecule has 1 aliphatic rings. The summed E-state index contributed by atoms with van der Waals surface area (Å²) in [6.45, 7) is 4.21. The number of ketones is 1. The molecule has 0 aromatic carbocycles. The van der Waals surface area contributed by atoms with Crippen molar-refractivity contribution in [1.82, 2.24) is 0 Å². The summed E-state index contributed by atoms with van der Waals surface area (Å²) >= 11 is 2.28. The van der Waals surface area contributed by atoms with Crippen LogP contribution < -0.4 is 0 Å². The molecule has 0 aliphatic heterocycles. The van der Waals surface area contributed by atoms with Gasteiger partial charge in [0.15, 0.2) is 5.78 Å². The maximum atomic E-state index is 11.7. The van der Waals surface area contributed by atoms with Crippen LogP contribution >= 0.6 is 22.6 Å². The lowest BCUT2D eigenvalue weighted by molar-refractivity contribution is -0.115. The van der Waals surface area contributed by atoms with E-state index in [4.69, 9.17) is 0 Å². The molecule has 0 aromatic heterocycles. The maximum Gasteiger partial charge on any atom is 0.159 e. The van der Waals surface area contributed by atoms with E-state index in [2.05, 4.69) is 48.6 Å². The van der Waals surface area contributed by atoms with Crippen LogP contribution in [0.1, 0.15) is 39.5 Å². The van der Waals surface area contributed by atoms with Gasteiger partial charge in [-0.3, -0.25) is 4.79 Å². The van der Waals surface area contributed by atoms with Gasteiger partial charge in [-0.15, -0.1) is 0 Å². The molecule has 78 valence electrons. The molecule has 14 heavy (non-hydrogen) atoms. The highest BCUT2D eigenvalue weighted by Gasteiger charge is 2.19. The summed E-state index contributed by atoms with van der Waals surface area (Å²) in [5.74, 6) is 0.844. The summed E-state index contributed by atoms with van der Waals surface area (Å²) in [7, 11) is 0. The summed E-state index contributed by atoms with van der Waals surface area (Å²) in [6, 6.07) is 0. The lowest BCUT2D eigenvalue weighted by Gasteiger charge is -2.06. The first-order chi connectivity index (χ1) is 6.61. The Morgan fingerprint density at radius 1 is 1.71 bits per heavy atom. The maximum absolute atomic E-state index is 11.7. The molecule has 1 aliphatic carbocycles. The van der Waals surface area contributed by atoms with Gasteiger partial charge in [0.1, 0.15) is 0 Å². The van der Waals surface area contributed by atoms with E-state index in [1.807, 2.05) is 0 Å². The molecule has 0 radical (unpaired) electrons. The standard InChI is InChI=1S/C12H17IO/c1-9-5-3-7-11(9)12(14)8-4-6-10(2)13/h6-7,9H,3-5,8H2,1-2H3/b10-6-. The fraction of sp³-hybridized carbons (Fsp3) is 0.583. The smallest absolute Gasteiger partial charge is 0.159 e. The number of carbonyl (C=O) groups is 1. The van der Waals surface area contributed by atoms with Gasteiger partial charge in [-0.05, 0) is 63.8 Å². The molecular weight excluding hydrogens is 287 g/mol. The largest absolute Gasteiger partial charge is 0.295 e. The monoisotopic (exact) mass is 304 g/mol. The molecular formula is C12H17IO. The van der Waals surface area contributed by atoms with Crippen molar-refractivity contribution in [3.05, 3.63) is 21.3 Å². The van der Waals surface area contributed by atoms with E-state index in [0.717, 1.165) is 24.8 Å². The van der Waals surface area contributed by atoms with Crippen molar-refractivity contribution < 1.29 is 4.79 Å². The van der Waals surface area contributed by atoms with Crippen LogP contribution in [0.4, 0.5) is 0 Å². The molecule has 0 bridgehead atoms. The van der Waals surface area contributed by atoms with Crippen LogP contribution in [-0.4, -0.2) is 5.78 Å². The molecule has 1 unspecified atom stereocenters. The fourth-order valence-electron chi connectivity index (χ4n) is 1.78. The van der Waals surface area contributed by atoms with Crippen molar-refractivity contribution >= 4 is 28.4 Å². The Kier molecular flexibility index (Phi) is 4.85. The van der Waals surface area contributed by atoms with Crippen molar-refractivity contribution in [3.8, 4) is 0 Å². The van der Waals surface area contributed by atoms with E-state index in [0.29, 0.717) is 18.1 Å². The predicted molar refractivity (Wildman–Crippen MR) is 68.5 cm³/mol. The number of carbonyl (C=O) groups excluding carboxylic acids is 1. The summed E-state index contributed by atoms with van der Waals surface area (Å²) in [5, 5.41) is 0. The van der Waals surface area contributed by atoms with Crippen LogP contribution in [0, 0.1) is 5.92 Å². The quantitative estimate of drug-likeness (QED) is 0.717. The average Bonchev–Trinajstić information content (AvgIpc) is 2.50. The Balaban J connectivity index is 2.39. The van der Waals surface area contributed by atoms with Gasteiger partial charge in [-0.2, -0.15) is 0 Å². The first-order valence-corrected chi connectivity index (χ1v) is 6.24. The summed E-state index contributed by atoms with van der Waals surface area (Å²) in [6.07, 6.45) is 8.05. The van der Waals surface area contributed by atoms with Gasteiger partial charge in [-0.1, -0.05) is 19.1 Å². The Morgan fingerprint density at radius 2 is 2.43 bits per heavy atom. The van der Waals surface area contributed by atoms with Crippen LogP contribution in [0.15, 0.2) is 21.3 Å². The molecule has 0 heterocycles. The zero-order chi connectivity index (χ0) is 10.6. The van der Waals surface area contributed by atoms with Gasteiger partial charge < -0.3 is 0 Å². The van der Waals surface area contributed by atoms with E-state index in [9.17, 15) is 4.79 Å². The van der Waals surface area contributed by atoms with Gasteiger partial charge in [0.2, 0.25) is 0 Å². The third kappa shape index (κ3) is 3.56. The van der Waals surface area contributed by atoms with Crippen molar-refractivity contribution in [2.75, 3.05) is 0 Å². The van der Waals surface area contributed by atoms with Crippen LogP contribution in [-0.2, 0) is 4.79 Å². The lowest BCUT2D eigenvalue weighted by atomic mass is 9.98. The minimum Gasteiger partial charge on any atom is -0.295 e. The van der Waals surface area contributed by atoms with Crippen LogP contribution in [0.3, 0.4) is 0 Å². The van der Waals surface area contributed by atoms with Crippen molar-refractivity contribution in [2.45, 2.75) is 39.5 Å². The average molecular weight is 304 g/mol. The molecule has 0 aromatic rings. The Morgan fingerprint density at radius 3 is 2.93 bits per heavy atom. The molecule has 0 saturated heterocycles. The van der Waals surface area contributed by atoms with Gasteiger partial charge >= 0.3 is 0 Å². The molecule has 0 spiro atoms. The van der Waals surface area contributed by atoms with Crippen LogP contribution in [0.2, 0.25) is 0 Å². The van der Waals surface area contributed by atoms with Crippen LogP contribution in [0.5, 0.6) is 0 Å². The number of rotatable bonds is 4. The van der Waals surface area contributed by atoms with E-state index in [1.54, 1.807) is 0 Å². The van der Waals surface area contributed by atoms with Crippen molar-refractivity contribution in [1.29, 1.82) is 0 Å². The Hall–Kier alpha value is -0.120. The van der Waals surface area contributed by atoms with E-state index >= 15 is 0 Å². The number of Topliss-reactive ketones (excluding diaryl/α,β-unsaturated/α-hetero) is 1. The summed E-state index contributed by atoms with van der Waals surface area (Å²) < 4.78 is 1.27. The second kappa shape index (κ2) is 5.69. The van der Waals surface area contributed by atoms with E-state index in [-0.39, 0.29) is 0 Å². The topological polar surface area (TPSA) is 17.1 Å². The highest BCUT2D eigenvalue weighted by atomic mass is 127. The molecule has 2 heteroatoms. The molecule has 0 amide bonds. The summed E-state index contributed by atoms with van der Waals surface area (Å²) in [5.41, 5.74) is 1.07. The normalized spacial score (nSPS) is 22.4. The predicted octanol–water partition coefficient (Wildman–Crippen LogP) is 4.03. The zero-order valence-electron chi connectivity index (χ0n) is 8.85. The van der Waals surface area contributed by atoms with Crippen LogP contribution in [0.25, 0.3) is 0 Å².